The Morgan fingerprint density at radius 1 is 0.284 bits per heavy atom. The molecule has 6 heteroatoms. The van der Waals surface area contributed by atoms with Gasteiger partial charge < -0.3 is 14.2 Å². The van der Waals surface area contributed by atoms with Crippen molar-refractivity contribution in [1.29, 1.82) is 0 Å². The molecule has 0 aliphatic carbocycles. The first-order valence-electron chi connectivity index (χ1n) is 31.2. The van der Waals surface area contributed by atoms with E-state index in [0.29, 0.717) is 19.3 Å². The van der Waals surface area contributed by atoms with Crippen LogP contribution < -0.4 is 0 Å². The Labute approximate surface area is 457 Å². The van der Waals surface area contributed by atoms with Gasteiger partial charge in [0.2, 0.25) is 0 Å². The number of allylic oxidation sites excluding steroid dienone is 16. The number of ether oxygens (including phenoxy) is 3. The average molecular weight is 1030 g/mol. The summed E-state index contributed by atoms with van der Waals surface area (Å²) in [5, 5.41) is 0. The largest absolute Gasteiger partial charge is 0.462 e. The van der Waals surface area contributed by atoms with Gasteiger partial charge >= 0.3 is 17.9 Å². The first-order valence-corrected chi connectivity index (χ1v) is 31.2. The summed E-state index contributed by atoms with van der Waals surface area (Å²) in [6, 6.07) is 0. The lowest BCUT2D eigenvalue weighted by atomic mass is 10.0. The fourth-order valence-corrected chi connectivity index (χ4v) is 8.65. The molecule has 6 nitrogen and oxygen atoms in total. The molecule has 0 saturated heterocycles. The van der Waals surface area contributed by atoms with Crippen LogP contribution >= 0.6 is 0 Å². The number of carbonyl (C=O) groups is 3. The molecule has 74 heavy (non-hydrogen) atoms. The summed E-state index contributed by atoms with van der Waals surface area (Å²) in [7, 11) is 0. The van der Waals surface area contributed by atoms with Crippen LogP contribution in [0, 0.1) is 0 Å². The van der Waals surface area contributed by atoms with Crippen LogP contribution in [-0.2, 0) is 28.6 Å². The molecule has 0 aliphatic heterocycles. The van der Waals surface area contributed by atoms with E-state index in [4.69, 9.17) is 14.2 Å². The second-order valence-electron chi connectivity index (χ2n) is 20.6. The highest BCUT2D eigenvalue weighted by Crippen LogP contribution is 2.16. The predicted octanol–water partition coefficient (Wildman–Crippen LogP) is 21.3. The molecule has 0 aromatic heterocycles. The third kappa shape index (κ3) is 59.2. The highest BCUT2D eigenvalue weighted by Gasteiger charge is 2.19. The van der Waals surface area contributed by atoms with E-state index in [2.05, 4.69) is 118 Å². The zero-order chi connectivity index (χ0) is 53.6. The van der Waals surface area contributed by atoms with E-state index in [1.54, 1.807) is 0 Å². The van der Waals surface area contributed by atoms with Crippen molar-refractivity contribution in [3.8, 4) is 0 Å². The monoisotopic (exact) mass is 1030 g/mol. The Morgan fingerprint density at radius 2 is 0.527 bits per heavy atom. The number of rotatable bonds is 56. The van der Waals surface area contributed by atoms with Gasteiger partial charge in [0.05, 0.1) is 0 Å². The lowest BCUT2D eigenvalue weighted by molar-refractivity contribution is -0.167. The Kier molecular flexibility index (Phi) is 58.8. The van der Waals surface area contributed by atoms with Crippen molar-refractivity contribution >= 4 is 17.9 Å². The molecule has 0 aromatic carbocycles. The van der Waals surface area contributed by atoms with Gasteiger partial charge in [-0.05, 0) is 103 Å². The molecule has 0 aliphatic rings. The zero-order valence-electron chi connectivity index (χ0n) is 48.6. The van der Waals surface area contributed by atoms with Crippen molar-refractivity contribution in [1.82, 2.24) is 0 Å². The van der Waals surface area contributed by atoms with Crippen LogP contribution in [0.25, 0.3) is 0 Å². The van der Waals surface area contributed by atoms with Crippen LogP contribution in [0.4, 0.5) is 0 Å². The highest BCUT2D eigenvalue weighted by atomic mass is 16.6. The second kappa shape index (κ2) is 61.9. The lowest BCUT2D eigenvalue weighted by Gasteiger charge is -2.18. The number of hydrogen-bond donors (Lipinski definition) is 0. The molecule has 0 N–H and O–H groups in total. The van der Waals surface area contributed by atoms with E-state index in [1.807, 2.05) is 0 Å². The lowest BCUT2D eigenvalue weighted by Crippen LogP contribution is -2.30. The normalized spacial score (nSPS) is 12.7. The summed E-state index contributed by atoms with van der Waals surface area (Å²) in [6.07, 6.45) is 82.6. The van der Waals surface area contributed by atoms with Crippen LogP contribution in [0.2, 0.25) is 0 Å². The fourth-order valence-electron chi connectivity index (χ4n) is 8.65. The Bertz CT molecular complexity index is 1460. The van der Waals surface area contributed by atoms with E-state index in [9.17, 15) is 14.4 Å². The first-order chi connectivity index (χ1) is 36.5. The van der Waals surface area contributed by atoms with Gasteiger partial charge in [-0.1, -0.05) is 272 Å². The molecule has 0 bridgehead atoms. The zero-order valence-corrected chi connectivity index (χ0v) is 48.6. The van der Waals surface area contributed by atoms with Crippen molar-refractivity contribution in [3.63, 3.8) is 0 Å². The van der Waals surface area contributed by atoms with Crippen LogP contribution in [-0.4, -0.2) is 37.2 Å². The topological polar surface area (TPSA) is 78.9 Å². The van der Waals surface area contributed by atoms with Crippen LogP contribution in [0.1, 0.15) is 297 Å². The Morgan fingerprint density at radius 3 is 0.878 bits per heavy atom. The van der Waals surface area contributed by atoms with Gasteiger partial charge in [-0.25, -0.2) is 0 Å². The van der Waals surface area contributed by atoms with Crippen molar-refractivity contribution in [2.75, 3.05) is 13.2 Å². The molecule has 1 unspecified atom stereocenters. The first kappa shape index (κ1) is 70.3. The smallest absolute Gasteiger partial charge is 0.306 e. The number of esters is 3. The highest BCUT2D eigenvalue weighted by molar-refractivity contribution is 5.71. The number of carbonyl (C=O) groups excluding carboxylic acids is 3. The standard InChI is InChI=1S/C68H116O6/c1-4-7-10-13-16-19-22-25-28-30-32-34-36-37-40-43-46-49-52-55-58-61-67(70)73-64-65(63-72-66(69)60-57-54-51-48-45-42-39-27-24-21-18-15-12-9-6-3)74-68(71)62-59-56-53-50-47-44-41-38-35-33-31-29-26-23-20-17-14-11-8-5-2/h7,10,16,18-19,21,25,27-28,32,34,37,39-40,46,49,65H,4-6,8-9,11-15,17,20,22-24,26,29-31,33,35-36,38,41-45,47-48,50-64H2,1-3H3/b10-7-,19-16-,21-18-,28-25-,34-32-,39-27-,40-37-,49-46-. The summed E-state index contributed by atoms with van der Waals surface area (Å²) in [5.41, 5.74) is 0. The Balaban J connectivity index is 4.45. The van der Waals surface area contributed by atoms with Gasteiger partial charge in [0, 0.05) is 19.3 Å². The molecule has 0 saturated carbocycles. The van der Waals surface area contributed by atoms with Gasteiger partial charge in [0.15, 0.2) is 6.10 Å². The van der Waals surface area contributed by atoms with Gasteiger partial charge in [0.1, 0.15) is 13.2 Å². The summed E-state index contributed by atoms with van der Waals surface area (Å²) < 4.78 is 16.9. The van der Waals surface area contributed by atoms with Gasteiger partial charge in [-0.2, -0.15) is 0 Å². The fraction of sp³-hybridized carbons (Fsp3) is 0.721. The maximum Gasteiger partial charge on any atom is 0.306 e. The average Bonchev–Trinajstić information content (AvgIpc) is 3.40. The maximum absolute atomic E-state index is 12.9. The van der Waals surface area contributed by atoms with Crippen molar-refractivity contribution in [3.05, 3.63) is 97.2 Å². The molecule has 424 valence electrons. The van der Waals surface area contributed by atoms with Gasteiger partial charge in [-0.15, -0.1) is 0 Å². The van der Waals surface area contributed by atoms with E-state index in [-0.39, 0.29) is 31.1 Å². The van der Waals surface area contributed by atoms with E-state index in [0.717, 1.165) is 122 Å². The second-order valence-corrected chi connectivity index (χ2v) is 20.6. The molecule has 0 radical (unpaired) electrons. The predicted molar refractivity (Wildman–Crippen MR) is 320 cm³/mol. The van der Waals surface area contributed by atoms with Crippen molar-refractivity contribution in [2.24, 2.45) is 0 Å². The van der Waals surface area contributed by atoms with Crippen molar-refractivity contribution in [2.45, 2.75) is 303 Å². The van der Waals surface area contributed by atoms with Crippen LogP contribution in [0.3, 0.4) is 0 Å². The van der Waals surface area contributed by atoms with Crippen molar-refractivity contribution < 1.29 is 28.6 Å². The van der Waals surface area contributed by atoms with Gasteiger partial charge in [0.25, 0.3) is 0 Å². The number of unbranched alkanes of at least 4 members (excludes halogenated alkanes) is 29. The quantitative estimate of drug-likeness (QED) is 0.0261. The molecule has 0 rings (SSSR count). The van der Waals surface area contributed by atoms with Gasteiger partial charge in [-0.3, -0.25) is 14.4 Å². The van der Waals surface area contributed by atoms with E-state index in [1.165, 1.54) is 135 Å². The number of hydrogen-bond acceptors (Lipinski definition) is 6. The molecule has 0 amide bonds. The molecular formula is C68H116O6. The summed E-state index contributed by atoms with van der Waals surface area (Å²) in [4.78, 5) is 38.3. The maximum atomic E-state index is 12.9. The SMILES string of the molecule is CC/C=C\C/C=C\C/C=C\C/C=C\C/C=C\C/C=C\CCCCC(=O)OCC(COC(=O)CCCCCCC/C=C\C/C=C\CCCCC)OC(=O)CCCCCCCCCCCCCCCCCCCCCC. The summed E-state index contributed by atoms with van der Waals surface area (Å²) in [6.45, 7) is 6.48. The minimum absolute atomic E-state index is 0.0972. The molecule has 0 heterocycles. The summed E-state index contributed by atoms with van der Waals surface area (Å²) >= 11 is 0. The molecular weight excluding hydrogens is 913 g/mol. The van der Waals surface area contributed by atoms with Crippen LogP contribution in [0.5, 0.6) is 0 Å². The van der Waals surface area contributed by atoms with Crippen LogP contribution in [0.15, 0.2) is 97.2 Å². The summed E-state index contributed by atoms with van der Waals surface area (Å²) in [5.74, 6) is -0.944. The van der Waals surface area contributed by atoms with E-state index >= 15 is 0 Å². The molecule has 0 fully saturated rings. The molecule has 0 aromatic rings. The third-order valence-electron chi connectivity index (χ3n) is 13.3. The third-order valence-corrected chi connectivity index (χ3v) is 13.3. The minimum Gasteiger partial charge on any atom is -0.462 e. The van der Waals surface area contributed by atoms with E-state index < -0.39 is 6.10 Å². The Hall–Kier alpha value is -3.67. The minimum atomic E-state index is -0.802. The molecule has 1 atom stereocenters. The molecule has 0 spiro atoms.